The van der Waals surface area contributed by atoms with Gasteiger partial charge in [-0.3, -0.25) is 0 Å². The third kappa shape index (κ3) is 4.14. The molecule has 0 fully saturated rings. The van der Waals surface area contributed by atoms with Crippen LogP contribution in [0.3, 0.4) is 0 Å². The predicted molar refractivity (Wildman–Crippen MR) is 99.5 cm³/mol. The number of nitrogens with two attached hydrogens (primary N) is 1. The van der Waals surface area contributed by atoms with Crippen molar-refractivity contribution >= 4 is 17.8 Å². The van der Waals surface area contributed by atoms with Crippen LogP contribution in [-0.4, -0.2) is 0 Å². The molecule has 2 N–H and O–H groups in total. The zero-order valence-corrected chi connectivity index (χ0v) is 13.6. The minimum Gasteiger partial charge on any atom is -0.398 e. The van der Waals surface area contributed by atoms with E-state index in [1.165, 1.54) is 0 Å². The first-order chi connectivity index (χ1) is 10.7. The van der Waals surface area contributed by atoms with Gasteiger partial charge in [-0.2, -0.15) is 0 Å². The molecule has 112 valence electrons. The minimum atomic E-state index is 0.697. The van der Waals surface area contributed by atoms with Crippen molar-refractivity contribution in [3.8, 4) is 11.8 Å². The Labute approximate surface area is 134 Å². The van der Waals surface area contributed by atoms with Gasteiger partial charge in [-0.15, -0.1) is 0 Å². The van der Waals surface area contributed by atoms with Gasteiger partial charge in [0.25, 0.3) is 0 Å². The number of hydrogen-bond donors (Lipinski definition) is 1. The topological polar surface area (TPSA) is 26.0 Å². The first-order valence-corrected chi connectivity index (χ1v) is 7.41. The van der Waals surface area contributed by atoms with Crippen LogP contribution in [0.15, 0.2) is 49.6 Å². The summed E-state index contributed by atoms with van der Waals surface area (Å²) < 4.78 is 0. The summed E-state index contributed by atoms with van der Waals surface area (Å²) in [6.07, 6.45) is 3.61. The Kier molecular flexibility index (Phi) is 6.73. The van der Waals surface area contributed by atoms with Crippen LogP contribution < -0.4 is 5.73 Å². The standard InChI is InChI=1S/C19H17N.C2H6/c1-4-15-7-6-8-16(18(15)5-2)10-11-17-13-14(3)9-12-19(17)20;1-2/h4-9,12-13H,1-2,20H2,3H3;1-2H3. The van der Waals surface area contributed by atoms with Crippen molar-refractivity contribution in [1.82, 2.24) is 0 Å². The van der Waals surface area contributed by atoms with Crippen LogP contribution in [0.25, 0.3) is 12.2 Å². The number of anilines is 1. The first kappa shape index (κ1) is 17.3. The lowest BCUT2D eigenvalue weighted by molar-refractivity contribution is 1.45. The summed E-state index contributed by atoms with van der Waals surface area (Å²) in [5, 5.41) is 0. The molecule has 0 radical (unpaired) electrons. The van der Waals surface area contributed by atoms with Crippen LogP contribution >= 0.6 is 0 Å². The van der Waals surface area contributed by atoms with E-state index in [0.717, 1.165) is 27.8 Å². The molecule has 2 aromatic rings. The molecule has 0 aliphatic heterocycles. The summed E-state index contributed by atoms with van der Waals surface area (Å²) in [4.78, 5) is 0. The summed E-state index contributed by atoms with van der Waals surface area (Å²) in [5.41, 5.74) is 11.6. The van der Waals surface area contributed by atoms with Crippen molar-refractivity contribution in [1.29, 1.82) is 0 Å². The van der Waals surface area contributed by atoms with Crippen LogP contribution in [0.5, 0.6) is 0 Å². The molecule has 2 rings (SSSR count). The quantitative estimate of drug-likeness (QED) is 0.590. The number of rotatable bonds is 2. The number of nitrogen functional groups attached to an aromatic ring is 1. The predicted octanol–water partition coefficient (Wildman–Crippen LogP) is 5.29. The van der Waals surface area contributed by atoms with Crippen molar-refractivity contribution in [2.24, 2.45) is 0 Å². The Morgan fingerprint density at radius 1 is 0.955 bits per heavy atom. The van der Waals surface area contributed by atoms with E-state index in [1.54, 1.807) is 6.08 Å². The molecule has 0 unspecified atom stereocenters. The first-order valence-electron chi connectivity index (χ1n) is 7.41. The maximum atomic E-state index is 5.94. The maximum absolute atomic E-state index is 5.94. The molecular formula is C21H23N. The second kappa shape index (κ2) is 8.54. The van der Waals surface area contributed by atoms with E-state index >= 15 is 0 Å². The van der Waals surface area contributed by atoms with Gasteiger partial charge in [0.15, 0.2) is 0 Å². The van der Waals surface area contributed by atoms with Crippen molar-refractivity contribution < 1.29 is 0 Å². The van der Waals surface area contributed by atoms with E-state index in [4.69, 9.17) is 5.73 Å². The van der Waals surface area contributed by atoms with E-state index in [1.807, 2.05) is 63.2 Å². The average molecular weight is 289 g/mol. The van der Waals surface area contributed by atoms with Gasteiger partial charge < -0.3 is 5.73 Å². The highest BCUT2D eigenvalue weighted by atomic mass is 14.5. The molecule has 0 bridgehead atoms. The Morgan fingerprint density at radius 2 is 1.64 bits per heavy atom. The number of aryl methyl sites for hydroxylation is 1. The van der Waals surface area contributed by atoms with Gasteiger partial charge in [-0.25, -0.2) is 0 Å². The summed E-state index contributed by atoms with van der Waals surface area (Å²) in [6.45, 7) is 13.7. The van der Waals surface area contributed by atoms with Crippen molar-refractivity contribution in [3.05, 3.63) is 77.4 Å². The smallest absolute Gasteiger partial charge is 0.0481 e. The van der Waals surface area contributed by atoms with E-state index in [0.29, 0.717) is 5.69 Å². The molecule has 0 aromatic heterocycles. The monoisotopic (exact) mass is 289 g/mol. The van der Waals surface area contributed by atoms with Crippen molar-refractivity contribution in [2.45, 2.75) is 20.8 Å². The molecule has 0 saturated carbocycles. The molecule has 1 heteroatoms. The minimum absolute atomic E-state index is 0.697. The fourth-order valence-electron chi connectivity index (χ4n) is 2.01. The molecule has 0 spiro atoms. The van der Waals surface area contributed by atoms with Crippen LogP contribution in [0, 0.1) is 18.8 Å². The highest BCUT2D eigenvalue weighted by Gasteiger charge is 2.01. The summed E-state index contributed by atoms with van der Waals surface area (Å²) >= 11 is 0. The van der Waals surface area contributed by atoms with E-state index in [9.17, 15) is 0 Å². The van der Waals surface area contributed by atoms with E-state index in [-0.39, 0.29) is 0 Å². The number of benzene rings is 2. The van der Waals surface area contributed by atoms with Crippen LogP contribution in [0.1, 0.15) is 41.7 Å². The SMILES string of the molecule is C=Cc1cccc(C#Cc2cc(C)ccc2N)c1C=C.CC. The highest BCUT2D eigenvalue weighted by Crippen LogP contribution is 2.17. The van der Waals surface area contributed by atoms with Gasteiger partial charge in [0.1, 0.15) is 0 Å². The van der Waals surface area contributed by atoms with Gasteiger partial charge >= 0.3 is 0 Å². The fourth-order valence-corrected chi connectivity index (χ4v) is 2.01. The highest BCUT2D eigenvalue weighted by molar-refractivity contribution is 5.70. The Balaban J connectivity index is 0.00000116. The molecule has 0 atom stereocenters. The second-order valence-electron chi connectivity index (χ2n) is 4.56. The molecule has 2 aromatic carbocycles. The molecule has 1 nitrogen and oxygen atoms in total. The summed E-state index contributed by atoms with van der Waals surface area (Å²) in [6, 6.07) is 11.8. The third-order valence-electron chi connectivity index (χ3n) is 3.10. The molecule has 0 aliphatic rings. The largest absolute Gasteiger partial charge is 0.398 e. The lowest BCUT2D eigenvalue weighted by atomic mass is 10.0. The maximum Gasteiger partial charge on any atom is 0.0481 e. The van der Waals surface area contributed by atoms with E-state index in [2.05, 4.69) is 25.0 Å². The van der Waals surface area contributed by atoms with Gasteiger partial charge in [0.05, 0.1) is 0 Å². The Hall–Kier alpha value is -2.72. The Morgan fingerprint density at radius 3 is 2.27 bits per heavy atom. The zero-order valence-electron chi connectivity index (χ0n) is 13.6. The zero-order chi connectivity index (χ0) is 16.5. The molecule has 0 aliphatic carbocycles. The fraction of sp³-hybridized carbons (Fsp3) is 0.143. The average Bonchev–Trinajstić information content (AvgIpc) is 2.57. The van der Waals surface area contributed by atoms with Crippen molar-refractivity contribution in [2.75, 3.05) is 5.73 Å². The van der Waals surface area contributed by atoms with Crippen molar-refractivity contribution in [3.63, 3.8) is 0 Å². The van der Waals surface area contributed by atoms with Gasteiger partial charge in [0.2, 0.25) is 0 Å². The second-order valence-corrected chi connectivity index (χ2v) is 4.56. The third-order valence-corrected chi connectivity index (χ3v) is 3.10. The summed E-state index contributed by atoms with van der Waals surface area (Å²) in [7, 11) is 0. The van der Waals surface area contributed by atoms with Gasteiger partial charge in [-0.1, -0.05) is 69.2 Å². The molecule has 0 amide bonds. The van der Waals surface area contributed by atoms with Crippen LogP contribution in [0.4, 0.5) is 5.69 Å². The van der Waals surface area contributed by atoms with E-state index < -0.39 is 0 Å². The molecule has 22 heavy (non-hydrogen) atoms. The number of hydrogen-bond acceptors (Lipinski definition) is 1. The molecule has 0 saturated heterocycles. The Bertz CT molecular complexity index is 727. The van der Waals surface area contributed by atoms with Gasteiger partial charge in [-0.05, 0) is 41.8 Å². The normalized spacial score (nSPS) is 8.86. The lowest BCUT2D eigenvalue weighted by Gasteiger charge is -2.03. The van der Waals surface area contributed by atoms with Gasteiger partial charge in [0, 0.05) is 16.8 Å². The van der Waals surface area contributed by atoms with Crippen LogP contribution in [0.2, 0.25) is 0 Å². The summed E-state index contributed by atoms with van der Waals surface area (Å²) in [5.74, 6) is 6.31. The lowest BCUT2D eigenvalue weighted by Crippen LogP contribution is -1.91. The molecular weight excluding hydrogens is 266 g/mol. The molecule has 0 heterocycles. The van der Waals surface area contributed by atoms with Crippen LogP contribution in [-0.2, 0) is 0 Å².